The highest BCUT2D eigenvalue weighted by atomic mass is 16.4. The number of aliphatic carboxylic acids is 1. The Kier molecular flexibility index (Phi) is 25.4. The molecule has 0 aliphatic carbocycles. The molecule has 0 saturated carbocycles. The second-order valence-electron chi connectivity index (χ2n) is 11.5. The molecule has 1 atom stereocenters. The van der Waals surface area contributed by atoms with Gasteiger partial charge in [-0.3, -0.25) is 14.4 Å². The van der Waals surface area contributed by atoms with E-state index in [1.807, 2.05) is 0 Å². The summed E-state index contributed by atoms with van der Waals surface area (Å²) < 4.78 is 2.42. The Labute approximate surface area is 253 Å². The summed E-state index contributed by atoms with van der Waals surface area (Å²) >= 11 is 0. The minimum atomic E-state index is -1.52. The topological polar surface area (TPSA) is 69.9 Å². The van der Waals surface area contributed by atoms with Crippen LogP contribution in [0.25, 0.3) is 0 Å². The van der Waals surface area contributed by atoms with Crippen molar-refractivity contribution in [2.75, 3.05) is 40.3 Å². The number of hydrogen-bond donors (Lipinski definition) is 1. The number of unbranched alkanes of at least 4 members (excludes halogenated alkanes) is 12. The highest BCUT2D eigenvalue weighted by molar-refractivity contribution is 5.75. The van der Waals surface area contributed by atoms with Gasteiger partial charge in [0.15, 0.2) is 0 Å². The van der Waals surface area contributed by atoms with E-state index in [0.29, 0.717) is 5.56 Å². The van der Waals surface area contributed by atoms with Crippen molar-refractivity contribution >= 4 is 11.9 Å². The van der Waals surface area contributed by atoms with E-state index in [9.17, 15) is 9.90 Å². The smallest absolute Gasteiger partial charge is 0.350 e. The summed E-state index contributed by atoms with van der Waals surface area (Å²) in [5, 5.41) is 19.1. The first-order chi connectivity index (χ1) is 19.8. The summed E-state index contributed by atoms with van der Waals surface area (Å²) in [5.74, 6) is 0.0205. The normalized spacial score (nSPS) is 11.4. The first kappa shape index (κ1) is 38.9. The summed E-state index contributed by atoms with van der Waals surface area (Å²) in [5.41, 5.74) is 0.340. The maximum absolute atomic E-state index is 10.1. The van der Waals surface area contributed by atoms with Gasteiger partial charge in [-0.1, -0.05) is 135 Å². The fourth-order valence-electron chi connectivity index (χ4n) is 5.08. The SMILES string of the molecule is CCCCCCN(CCCCCC)C(N(CCCCCC)CCCCCC)=[N+](C)C.O=C([O-])[C@H](O)c1ccccc1. The van der Waals surface area contributed by atoms with Gasteiger partial charge in [0.1, 0.15) is 6.10 Å². The van der Waals surface area contributed by atoms with E-state index >= 15 is 0 Å². The summed E-state index contributed by atoms with van der Waals surface area (Å²) in [6.07, 6.45) is 20.1. The number of benzene rings is 1. The molecule has 6 nitrogen and oxygen atoms in total. The van der Waals surface area contributed by atoms with Crippen LogP contribution in [0.1, 0.15) is 142 Å². The van der Waals surface area contributed by atoms with E-state index in [1.165, 1.54) is 147 Å². The highest BCUT2D eigenvalue weighted by Gasteiger charge is 2.26. The number of carboxylic acids is 1. The van der Waals surface area contributed by atoms with Crippen molar-refractivity contribution < 1.29 is 19.6 Å². The Hall–Kier alpha value is -2.08. The summed E-state index contributed by atoms with van der Waals surface area (Å²) in [4.78, 5) is 15.6. The van der Waals surface area contributed by atoms with Crippen molar-refractivity contribution in [2.45, 2.75) is 137 Å². The van der Waals surface area contributed by atoms with Gasteiger partial charge in [0.2, 0.25) is 0 Å². The van der Waals surface area contributed by atoms with E-state index in [-0.39, 0.29) is 0 Å². The van der Waals surface area contributed by atoms with Crippen molar-refractivity contribution in [3.63, 3.8) is 0 Å². The number of carbonyl (C=O) groups is 1. The van der Waals surface area contributed by atoms with Gasteiger partial charge < -0.3 is 15.0 Å². The second-order valence-corrected chi connectivity index (χ2v) is 11.5. The Bertz CT molecular complexity index is 711. The van der Waals surface area contributed by atoms with Crippen LogP contribution in [0.5, 0.6) is 0 Å². The third-order valence-electron chi connectivity index (χ3n) is 7.43. The molecule has 0 aromatic heterocycles. The number of rotatable bonds is 22. The van der Waals surface area contributed by atoms with E-state index in [4.69, 9.17) is 5.11 Å². The summed E-state index contributed by atoms with van der Waals surface area (Å²) in [6, 6.07) is 8.11. The fourth-order valence-corrected chi connectivity index (χ4v) is 5.08. The number of carbonyl (C=O) groups excluding carboxylic acids is 1. The molecular weight excluding hydrogens is 510 g/mol. The molecular formula is C35H65N3O3. The van der Waals surface area contributed by atoms with Crippen LogP contribution < -0.4 is 5.11 Å². The minimum Gasteiger partial charge on any atom is -0.547 e. The van der Waals surface area contributed by atoms with E-state index in [1.54, 1.807) is 18.2 Å². The molecule has 0 aliphatic heterocycles. The molecule has 1 rings (SSSR count). The lowest BCUT2D eigenvalue weighted by atomic mass is 10.1. The second kappa shape index (κ2) is 26.8. The Morgan fingerprint density at radius 1 is 0.659 bits per heavy atom. The zero-order valence-corrected chi connectivity index (χ0v) is 27.7. The number of hydrogen-bond acceptors (Lipinski definition) is 3. The van der Waals surface area contributed by atoms with Crippen LogP contribution in [0.4, 0.5) is 0 Å². The van der Waals surface area contributed by atoms with Crippen LogP contribution in [-0.4, -0.2) is 71.7 Å². The Balaban J connectivity index is 0.00000120. The highest BCUT2D eigenvalue weighted by Crippen LogP contribution is 2.13. The van der Waals surface area contributed by atoms with E-state index in [2.05, 4.69) is 56.2 Å². The molecule has 0 amide bonds. The van der Waals surface area contributed by atoms with Gasteiger partial charge >= 0.3 is 5.96 Å². The van der Waals surface area contributed by atoms with Crippen molar-refractivity contribution in [3.05, 3.63) is 35.9 Å². The number of nitrogens with zero attached hydrogens (tertiary/aromatic N) is 3. The third kappa shape index (κ3) is 19.6. The van der Waals surface area contributed by atoms with Crippen molar-refractivity contribution in [1.29, 1.82) is 0 Å². The van der Waals surface area contributed by atoms with E-state index < -0.39 is 12.1 Å². The van der Waals surface area contributed by atoms with Gasteiger partial charge in [-0.2, -0.15) is 0 Å². The molecule has 6 heteroatoms. The average molecular weight is 576 g/mol. The standard InChI is InChI=1S/C27H58N3.C8H8O3/c1-7-11-15-19-23-29(24-20-16-12-8-2)27(28(5)6)30(25-21-17-13-9-3)26-22-18-14-10-4;9-7(8(10)11)6-4-2-1-3-5-6/h7-26H2,1-6H3;1-5,7,9H,(H,10,11)/q+1;/p-1/t;7-/m.1/s1. The van der Waals surface area contributed by atoms with Crippen LogP contribution in [0.3, 0.4) is 0 Å². The third-order valence-corrected chi connectivity index (χ3v) is 7.43. The predicted molar refractivity (Wildman–Crippen MR) is 173 cm³/mol. The van der Waals surface area contributed by atoms with Gasteiger partial charge in [-0.05, 0) is 31.2 Å². The maximum atomic E-state index is 10.1. The van der Waals surface area contributed by atoms with Gasteiger partial charge in [-0.25, -0.2) is 0 Å². The monoisotopic (exact) mass is 576 g/mol. The first-order valence-electron chi connectivity index (χ1n) is 16.8. The maximum Gasteiger partial charge on any atom is 0.350 e. The zero-order chi connectivity index (χ0) is 30.7. The van der Waals surface area contributed by atoms with Gasteiger partial charge in [0.25, 0.3) is 0 Å². The molecule has 1 N–H and O–H groups in total. The van der Waals surface area contributed by atoms with Crippen LogP contribution in [-0.2, 0) is 4.79 Å². The molecule has 1 aromatic rings. The van der Waals surface area contributed by atoms with Crippen LogP contribution in [0.2, 0.25) is 0 Å². The van der Waals surface area contributed by atoms with Crippen molar-refractivity contribution in [2.24, 2.45) is 0 Å². The average Bonchev–Trinajstić information content (AvgIpc) is 2.97. The Morgan fingerprint density at radius 2 is 1.00 bits per heavy atom. The van der Waals surface area contributed by atoms with Crippen molar-refractivity contribution in [3.8, 4) is 0 Å². The summed E-state index contributed by atoms with van der Waals surface area (Å²) in [6.45, 7) is 14.1. The predicted octanol–water partition coefficient (Wildman–Crippen LogP) is 7.01. The molecule has 0 aliphatic rings. The number of carboxylic acid groups (broad SMARTS) is 1. The molecule has 0 fully saturated rings. The molecule has 0 unspecified atom stereocenters. The number of guanidine groups is 1. The molecule has 0 saturated heterocycles. The van der Waals surface area contributed by atoms with Gasteiger partial charge in [-0.15, -0.1) is 0 Å². The molecule has 0 spiro atoms. The largest absolute Gasteiger partial charge is 0.547 e. The van der Waals surface area contributed by atoms with E-state index in [0.717, 1.165) is 0 Å². The quantitative estimate of drug-likeness (QED) is 0.0697. The lowest BCUT2D eigenvalue weighted by Gasteiger charge is -2.30. The first-order valence-corrected chi connectivity index (χ1v) is 16.8. The lowest BCUT2D eigenvalue weighted by Crippen LogP contribution is -2.50. The van der Waals surface area contributed by atoms with Crippen molar-refractivity contribution in [1.82, 2.24) is 9.80 Å². The van der Waals surface area contributed by atoms with Gasteiger partial charge in [0, 0.05) is 0 Å². The molecule has 41 heavy (non-hydrogen) atoms. The fraction of sp³-hybridized carbons (Fsp3) is 0.771. The van der Waals surface area contributed by atoms with Crippen LogP contribution in [0, 0.1) is 0 Å². The lowest BCUT2D eigenvalue weighted by molar-refractivity contribution is -0.476. The molecule has 0 radical (unpaired) electrons. The molecule has 1 aromatic carbocycles. The Morgan fingerprint density at radius 3 is 1.27 bits per heavy atom. The van der Waals surface area contributed by atoms with Crippen LogP contribution in [0.15, 0.2) is 30.3 Å². The molecule has 0 bridgehead atoms. The minimum absolute atomic E-state index is 0.340. The number of aliphatic hydroxyl groups is 1. The summed E-state index contributed by atoms with van der Waals surface area (Å²) in [7, 11) is 4.54. The molecule has 0 heterocycles. The molecule has 238 valence electrons. The van der Waals surface area contributed by atoms with Gasteiger partial charge in [0.05, 0.1) is 46.2 Å². The van der Waals surface area contributed by atoms with Crippen LogP contribution >= 0.6 is 0 Å². The zero-order valence-electron chi connectivity index (χ0n) is 27.7. The number of aliphatic hydroxyl groups excluding tert-OH is 1.